The minimum Gasteiger partial charge on any atom is -0.377 e. The van der Waals surface area contributed by atoms with E-state index in [2.05, 4.69) is 4.90 Å². The Bertz CT molecular complexity index is 134. The zero-order chi connectivity index (χ0) is 7.73. The van der Waals surface area contributed by atoms with Crippen LogP contribution >= 0.6 is 0 Å². The van der Waals surface area contributed by atoms with Gasteiger partial charge in [-0.3, -0.25) is 4.90 Å². The summed E-state index contributed by atoms with van der Waals surface area (Å²) in [5.74, 6) is 0. The van der Waals surface area contributed by atoms with Crippen molar-refractivity contribution in [2.24, 2.45) is 5.73 Å². The highest BCUT2D eigenvalue weighted by Crippen LogP contribution is 2.27. The summed E-state index contributed by atoms with van der Waals surface area (Å²) in [6.07, 6.45) is 2.67. The fourth-order valence-electron chi connectivity index (χ4n) is 1.96. The van der Waals surface area contributed by atoms with Gasteiger partial charge in [-0.2, -0.15) is 0 Å². The maximum atomic E-state index is 5.73. The molecule has 2 saturated heterocycles. The predicted octanol–water partition coefficient (Wildman–Crippen LogP) is -0.190. The lowest BCUT2D eigenvalue weighted by Crippen LogP contribution is -2.65. The summed E-state index contributed by atoms with van der Waals surface area (Å²) in [5.41, 5.74) is 5.96. The fourth-order valence-corrected chi connectivity index (χ4v) is 1.96. The number of hydrogen-bond acceptors (Lipinski definition) is 3. The SMILES string of the molecule is NCC1(N2CCCC2)COC1. The van der Waals surface area contributed by atoms with Gasteiger partial charge in [0.05, 0.1) is 18.8 Å². The van der Waals surface area contributed by atoms with Crippen molar-refractivity contribution in [3.05, 3.63) is 0 Å². The molecule has 0 amide bonds. The van der Waals surface area contributed by atoms with Crippen molar-refractivity contribution in [3.8, 4) is 0 Å². The molecule has 64 valence electrons. The third-order valence-electron chi connectivity index (χ3n) is 2.90. The van der Waals surface area contributed by atoms with Gasteiger partial charge in [0.2, 0.25) is 0 Å². The molecule has 2 heterocycles. The zero-order valence-corrected chi connectivity index (χ0v) is 6.88. The van der Waals surface area contributed by atoms with Crippen LogP contribution in [0.4, 0.5) is 0 Å². The Labute approximate surface area is 67.5 Å². The minimum atomic E-state index is 0.233. The standard InChI is InChI=1S/C8H16N2O/c9-5-8(6-11-7-8)10-3-1-2-4-10/h1-7,9H2. The van der Waals surface area contributed by atoms with Crippen molar-refractivity contribution in [1.82, 2.24) is 4.90 Å². The van der Waals surface area contributed by atoms with Crippen molar-refractivity contribution in [2.75, 3.05) is 32.8 Å². The van der Waals surface area contributed by atoms with Gasteiger partial charge in [-0.15, -0.1) is 0 Å². The number of rotatable bonds is 2. The van der Waals surface area contributed by atoms with Gasteiger partial charge in [-0.25, -0.2) is 0 Å². The number of nitrogens with zero attached hydrogens (tertiary/aromatic N) is 1. The number of likely N-dealkylation sites (tertiary alicyclic amines) is 1. The zero-order valence-electron chi connectivity index (χ0n) is 6.88. The second-order valence-electron chi connectivity index (χ2n) is 3.62. The number of hydrogen-bond donors (Lipinski definition) is 1. The van der Waals surface area contributed by atoms with Crippen LogP contribution in [0, 0.1) is 0 Å². The molecule has 0 aromatic rings. The summed E-state index contributed by atoms with van der Waals surface area (Å²) in [4.78, 5) is 2.50. The molecular weight excluding hydrogens is 140 g/mol. The Morgan fingerprint density at radius 3 is 2.27 bits per heavy atom. The van der Waals surface area contributed by atoms with Crippen LogP contribution in [-0.4, -0.2) is 43.3 Å². The molecule has 0 radical (unpaired) electrons. The minimum absolute atomic E-state index is 0.233. The molecule has 0 spiro atoms. The van der Waals surface area contributed by atoms with Crippen LogP contribution in [0.2, 0.25) is 0 Å². The first-order chi connectivity index (χ1) is 5.37. The van der Waals surface area contributed by atoms with Crippen molar-refractivity contribution in [3.63, 3.8) is 0 Å². The average Bonchev–Trinajstić information content (AvgIpc) is 2.39. The van der Waals surface area contributed by atoms with Crippen LogP contribution in [0.1, 0.15) is 12.8 Å². The summed E-state index contributed by atoms with van der Waals surface area (Å²) in [7, 11) is 0. The predicted molar refractivity (Wildman–Crippen MR) is 43.4 cm³/mol. The first kappa shape index (κ1) is 7.53. The van der Waals surface area contributed by atoms with Gasteiger partial charge in [0, 0.05) is 6.54 Å². The van der Waals surface area contributed by atoms with Crippen molar-refractivity contribution in [2.45, 2.75) is 18.4 Å². The summed E-state index contributed by atoms with van der Waals surface area (Å²) >= 11 is 0. The van der Waals surface area contributed by atoms with Crippen molar-refractivity contribution >= 4 is 0 Å². The molecule has 2 aliphatic rings. The molecule has 0 aliphatic carbocycles. The second kappa shape index (κ2) is 2.73. The van der Waals surface area contributed by atoms with E-state index in [0.29, 0.717) is 0 Å². The van der Waals surface area contributed by atoms with E-state index in [0.717, 1.165) is 19.8 Å². The van der Waals surface area contributed by atoms with E-state index in [1.807, 2.05) is 0 Å². The van der Waals surface area contributed by atoms with Gasteiger partial charge in [0.1, 0.15) is 0 Å². The Morgan fingerprint density at radius 2 is 1.91 bits per heavy atom. The van der Waals surface area contributed by atoms with Crippen LogP contribution in [0.3, 0.4) is 0 Å². The molecule has 0 atom stereocenters. The topological polar surface area (TPSA) is 38.5 Å². The van der Waals surface area contributed by atoms with Gasteiger partial charge < -0.3 is 10.5 Å². The molecule has 2 rings (SSSR count). The third kappa shape index (κ3) is 1.08. The summed E-state index contributed by atoms with van der Waals surface area (Å²) in [6.45, 7) is 4.90. The number of ether oxygens (including phenoxy) is 1. The molecule has 0 saturated carbocycles. The normalized spacial score (nSPS) is 30.3. The highest BCUT2D eigenvalue weighted by molar-refractivity contribution is 4.98. The van der Waals surface area contributed by atoms with E-state index < -0.39 is 0 Å². The Hall–Kier alpha value is -0.120. The summed E-state index contributed by atoms with van der Waals surface area (Å²) in [6, 6.07) is 0. The van der Waals surface area contributed by atoms with Gasteiger partial charge >= 0.3 is 0 Å². The molecular formula is C8H16N2O. The monoisotopic (exact) mass is 156 g/mol. The Kier molecular flexibility index (Phi) is 1.87. The smallest absolute Gasteiger partial charge is 0.0802 e. The highest BCUT2D eigenvalue weighted by atomic mass is 16.5. The lowest BCUT2D eigenvalue weighted by molar-refractivity contribution is -0.128. The van der Waals surface area contributed by atoms with Crippen molar-refractivity contribution < 1.29 is 4.74 Å². The van der Waals surface area contributed by atoms with Crippen LogP contribution in [0.25, 0.3) is 0 Å². The van der Waals surface area contributed by atoms with E-state index in [1.165, 1.54) is 25.9 Å². The largest absolute Gasteiger partial charge is 0.377 e. The first-order valence-electron chi connectivity index (χ1n) is 4.40. The van der Waals surface area contributed by atoms with Crippen LogP contribution in [0.5, 0.6) is 0 Å². The lowest BCUT2D eigenvalue weighted by atomic mass is 9.96. The van der Waals surface area contributed by atoms with Crippen LogP contribution in [0.15, 0.2) is 0 Å². The second-order valence-corrected chi connectivity index (χ2v) is 3.62. The molecule has 3 heteroatoms. The van der Waals surface area contributed by atoms with Crippen LogP contribution in [-0.2, 0) is 4.74 Å². The molecule has 0 aromatic heterocycles. The molecule has 2 aliphatic heterocycles. The van der Waals surface area contributed by atoms with Gasteiger partial charge in [-0.1, -0.05) is 0 Å². The molecule has 11 heavy (non-hydrogen) atoms. The van der Waals surface area contributed by atoms with E-state index >= 15 is 0 Å². The van der Waals surface area contributed by atoms with E-state index in [-0.39, 0.29) is 5.54 Å². The molecule has 2 N–H and O–H groups in total. The lowest BCUT2D eigenvalue weighted by Gasteiger charge is -2.47. The first-order valence-corrected chi connectivity index (χ1v) is 4.40. The van der Waals surface area contributed by atoms with Gasteiger partial charge in [-0.05, 0) is 25.9 Å². The molecule has 0 unspecified atom stereocenters. The number of nitrogens with two attached hydrogens (primary N) is 1. The maximum absolute atomic E-state index is 5.73. The van der Waals surface area contributed by atoms with Gasteiger partial charge in [0.25, 0.3) is 0 Å². The quantitative estimate of drug-likeness (QED) is 0.602. The average molecular weight is 156 g/mol. The van der Waals surface area contributed by atoms with Crippen LogP contribution < -0.4 is 5.73 Å². The van der Waals surface area contributed by atoms with E-state index in [9.17, 15) is 0 Å². The Morgan fingerprint density at radius 1 is 1.27 bits per heavy atom. The van der Waals surface area contributed by atoms with Crippen molar-refractivity contribution in [1.29, 1.82) is 0 Å². The molecule has 0 bridgehead atoms. The summed E-state index contributed by atoms with van der Waals surface area (Å²) in [5, 5.41) is 0. The van der Waals surface area contributed by atoms with Gasteiger partial charge in [0.15, 0.2) is 0 Å². The molecule has 0 aromatic carbocycles. The molecule has 3 nitrogen and oxygen atoms in total. The molecule has 2 fully saturated rings. The summed E-state index contributed by atoms with van der Waals surface area (Å²) < 4.78 is 5.22. The maximum Gasteiger partial charge on any atom is 0.0802 e. The van der Waals surface area contributed by atoms with E-state index in [1.54, 1.807) is 0 Å². The highest BCUT2D eigenvalue weighted by Gasteiger charge is 2.43. The third-order valence-corrected chi connectivity index (χ3v) is 2.90. The fraction of sp³-hybridized carbons (Fsp3) is 1.00. The Balaban J connectivity index is 1.99. The van der Waals surface area contributed by atoms with E-state index in [4.69, 9.17) is 10.5 Å².